The van der Waals surface area contributed by atoms with Gasteiger partial charge in [0, 0.05) is 44.8 Å². The monoisotopic (exact) mass is 718 g/mol. The van der Waals surface area contributed by atoms with Crippen LogP contribution < -0.4 is 15.3 Å². The van der Waals surface area contributed by atoms with Crippen LogP contribution in [0.25, 0.3) is 39.1 Å². The molecule has 1 radical (unpaired) electrons. The van der Waals surface area contributed by atoms with E-state index in [0.717, 1.165) is 56.4 Å². The first-order chi connectivity index (χ1) is 27.4. The number of allylic oxidation sites excluding steroid dienone is 3. The first-order valence-electron chi connectivity index (χ1n) is 19.4. The van der Waals surface area contributed by atoms with E-state index in [1.165, 1.54) is 32.9 Å². The molecule has 56 heavy (non-hydrogen) atoms. The predicted octanol–water partition coefficient (Wildman–Crippen LogP) is 13.0. The summed E-state index contributed by atoms with van der Waals surface area (Å²) >= 11 is 0. The van der Waals surface area contributed by atoms with E-state index in [0.29, 0.717) is 0 Å². The zero-order chi connectivity index (χ0) is 37.8. The van der Waals surface area contributed by atoms with Gasteiger partial charge in [0.15, 0.2) is 7.28 Å². The Bertz CT molecular complexity index is 2800. The number of benzene rings is 7. The quantitative estimate of drug-likeness (QED) is 0.168. The van der Waals surface area contributed by atoms with E-state index in [4.69, 9.17) is 0 Å². The third-order valence-corrected chi connectivity index (χ3v) is 11.2. The van der Waals surface area contributed by atoms with Gasteiger partial charge in [0.1, 0.15) is 0 Å². The Kier molecular flexibility index (Phi) is 8.15. The Morgan fingerprint density at radius 3 is 1.75 bits per heavy atom. The second-order valence-electron chi connectivity index (χ2n) is 15.7. The van der Waals surface area contributed by atoms with Crippen LogP contribution in [-0.2, 0) is 5.41 Å². The van der Waals surface area contributed by atoms with Crippen molar-refractivity contribution in [1.82, 2.24) is 4.57 Å². The lowest BCUT2D eigenvalue weighted by atomic mass is 9.68. The molecule has 4 heteroatoms. The van der Waals surface area contributed by atoms with E-state index in [1.807, 2.05) is 0 Å². The van der Waals surface area contributed by atoms with E-state index in [-0.39, 0.29) is 5.41 Å². The SMILES string of the molecule is CC(C)(C)c1ccc(N2C3=C[B]c4ccc(-n5c6ccccc6c6ccccc65)cc4N(c4ccccc4)c4cccc2c4/C=C/C(c2ccccc2)=C3)cc1. The molecule has 0 amide bonds. The molecule has 3 nitrogen and oxygen atoms in total. The van der Waals surface area contributed by atoms with Gasteiger partial charge >= 0.3 is 0 Å². The minimum absolute atomic E-state index is 0.0499. The highest BCUT2D eigenvalue weighted by atomic mass is 15.2. The molecule has 0 spiro atoms. The normalized spacial score (nSPS) is 14.4. The van der Waals surface area contributed by atoms with Crippen molar-refractivity contribution >= 4 is 74.6 Å². The van der Waals surface area contributed by atoms with Crippen LogP contribution in [-0.4, -0.2) is 11.8 Å². The summed E-state index contributed by atoms with van der Waals surface area (Å²) in [7, 11) is 2.29. The summed E-state index contributed by atoms with van der Waals surface area (Å²) in [6.07, 6.45) is 6.93. The predicted molar refractivity (Wildman–Crippen MR) is 240 cm³/mol. The number of aromatic nitrogens is 1. The van der Waals surface area contributed by atoms with Gasteiger partial charge in [-0.1, -0.05) is 154 Å². The van der Waals surface area contributed by atoms with Gasteiger partial charge in [-0.15, -0.1) is 0 Å². The van der Waals surface area contributed by atoms with Crippen LogP contribution in [0, 0.1) is 0 Å². The summed E-state index contributed by atoms with van der Waals surface area (Å²) in [5.74, 6) is 2.30. The molecule has 267 valence electrons. The summed E-state index contributed by atoms with van der Waals surface area (Å²) in [6.45, 7) is 6.82. The van der Waals surface area contributed by atoms with Crippen molar-refractivity contribution in [2.24, 2.45) is 0 Å². The minimum atomic E-state index is 0.0499. The fourth-order valence-corrected chi connectivity index (χ4v) is 8.38. The molecule has 0 N–H and O–H groups in total. The largest absolute Gasteiger partial charge is 0.311 e. The Morgan fingerprint density at radius 1 is 0.482 bits per heavy atom. The van der Waals surface area contributed by atoms with Crippen LogP contribution in [0.15, 0.2) is 194 Å². The van der Waals surface area contributed by atoms with Crippen LogP contribution in [0.5, 0.6) is 0 Å². The lowest BCUT2D eigenvalue weighted by molar-refractivity contribution is 0.590. The van der Waals surface area contributed by atoms with Gasteiger partial charge < -0.3 is 14.4 Å². The van der Waals surface area contributed by atoms with Crippen molar-refractivity contribution in [3.05, 3.63) is 210 Å². The van der Waals surface area contributed by atoms with E-state index in [9.17, 15) is 0 Å². The third kappa shape index (κ3) is 5.77. The maximum absolute atomic E-state index is 2.44. The van der Waals surface area contributed by atoms with Crippen molar-refractivity contribution < 1.29 is 0 Å². The Balaban J connectivity index is 1.26. The maximum Gasteiger partial charge on any atom is 0.186 e. The van der Waals surface area contributed by atoms with Crippen molar-refractivity contribution in [3.8, 4) is 5.69 Å². The zero-order valence-corrected chi connectivity index (χ0v) is 31.9. The van der Waals surface area contributed by atoms with Crippen molar-refractivity contribution in [2.45, 2.75) is 26.2 Å². The first-order valence-corrected chi connectivity index (χ1v) is 19.4. The van der Waals surface area contributed by atoms with Crippen molar-refractivity contribution in [3.63, 3.8) is 0 Å². The molecule has 10 rings (SSSR count). The summed E-state index contributed by atoms with van der Waals surface area (Å²) in [5, 5.41) is 2.50. The molecule has 0 saturated heterocycles. The molecular formula is C52H41BN3. The summed E-state index contributed by atoms with van der Waals surface area (Å²) in [6, 6.07) is 61.7. The smallest absolute Gasteiger partial charge is 0.186 e. The fourth-order valence-electron chi connectivity index (χ4n) is 8.38. The molecule has 0 aliphatic carbocycles. The zero-order valence-electron chi connectivity index (χ0n) is 31.9. The third-order valence-electron chi connectivity index (χ3n) is 11.2. The Morgan fingerprint density at radius 2 is 1.07 bits per heavy atom. The number of anilines is 5. The number of nitrogens with zero attached hydrogens (tertiary/aromatic N) is 3. The second-order valence-corrected chi connectivity index (χ2v) is 15.7. The fraction of sp³-hybridized carbons (Fsp3) is 0.0769. The molecule has 8 aromatic rings. The topological polar surface area (TPSA) is 11.4 Å². The van der Waals surface area contributed by atoms with Gasteiger partial charge in [-0.25, -0.2) is 0 Å². The number of hydrogen-bond acceptors (Lipinski definition) is 2. The number of rotatable bonds is 4. The van der Waals surface area contributed by atoms with Crippen LogP contribution in [0.2, 0.25) is 0 Å². The second kappa shape index (κ2) is 13.5. The molecule has 4 bridgehead atoms. The molecule has 0 saturated carbocycles. The molecule has 1 aromatic heterocycles. The standard InChI is InChI=1S/C52H41BN3/c1-52(2,3)38-26-28-40(29-27-38)54-42-33-37(36-15-6-4-7-16-36)25-31-45-49(54)23-14-24-50(45)55(39-17-8-5-9-18-39)51-34-41(30-32-46(51)53-35-42)56-47-21-12-10-19-43(47)44-20-11-13-22-48(44)56/h4-35H,1-3H3/b31-25+,37-33?,42-35?. The molecule has 2 aliphatic heterocycles. The average Bonchev–Trinajstić information content (AvgIpc) is 3.56. The molecule has 0 fully saturated rings. The van der Waals surface area contributed by atoms with Gasteiger partial charge in [0.25, 0.3) is 0 Å². The molecule has 7 aromatic carbocycles. The number of hydrogen-bond donors (Lipinski definition) is 0. The van der Waals surface area contributed by atoms with Gasteiger partial charge in [0.05, 0.1) is 22.4 Å². The first kappa shape index (κ1) is 33.8. The highest BCUT2D eigenvalue weighted by Crippen LogP contribution is 2.46. The van der Waals surface area contributed by atoms with Crippen LogP contribution in [0.1, 0.15) is 37.5 Å². The van der Waals surface area contributed by atoms with E-state index in [1.54, 1.807) is 0 Å². The molecule has 3 heterocycles. The molecule has 2 aliphatic rings. The van der Waals surface area contributed by atoms with Crippen LogP contribution in [0.4, 0.5) is 28.4 Å². The average molecular weight is 719 g/mol. The summed E-state index contributed by atoms with van der Waals surface area (Å²) in [4.78, 5) is 4.87. The summed E-state index contributed by atoms with van der Waals surface area (Å²) < 4.78 is 2.41. The van der Waals surface area contributed by atoms with Crippen molar-refractivity contribution in [2.75, 3.05) is 9.80 Å². The summed E-state index contributed by atoms with van der Waals surface area (Å²) in [5.41, 5.74) is 16.1. The van der Waals surface area contributed by atoms with Gasteiger partial charge in [-0.3, -0.25) is 0 Å². The lowest BCUT2D eigenvalue weighted by Crippen LogP contribution is -2.28. The molecule has 0 atom stereocenters. The van der Waals surface area contributed by atoms with Crippen LogP contribution in [0.3, 0.4) is 0 Å². The van der Waals surface area contributed by atoms with Crippen molar-refractivity contribution in [1.29, 1.82) is 0 Å². The molecule has 0 unspecified atom stereocenters. The van der Waals surface area contributed by atoms with Gasteiger partial charge in [-0.2, -0.15) is 0 Å². The van der Waals surface area contributed by atoms with Gasteiger partial charge in [-0.05, 0) is 88.9 Å². The highest BCUT2D eigenvalue weighted by Gasteiger charge is 2.27. The van der Waals surface area contributed by atoms with E-state index >= 15 is 0 Å². The lowest BCUT2D eigenvalue weighted by Gasteiger charge is -2.35. The van der Waals surface area contributed by atoms with Gasteiger partial charge in [0.2, 0.25) is 0 Å². The van der Waals surface area contributed by atoms with E-state index < -0.39 is 0 Å². The number of para-hydroxylation sites is 3. The highest BCUT2D eigenvalue weighted by molar-refractivity contribution is 6.61. The Labute approximate surface area is 330 Å². The van der Waals surface area contributed by atoms with Crippen LogP contribution >= 0.6 is 0 Å². The minimum Gasteiger partial charge on any atom is -0.311 e. The molecular weight excluding hydrogens is 677 g/mol. The maximum atomic E-state index is 2.44. The van der Waals surface area contributed by atoms with E-state index in [2.05, 4.69) is 236 Å². The number of fused-ring (bicyclic) bond motifs is 5. The Hall–Kier alpha value is -6.78.